The van der Waals surface area contributed by atoms with E-state index < -0.39 is 47.3 Å². The molecule has 0 aromatic heterocycles. The highest BCUT2D eigenvalue weighted by molar-refractivity contribution is 5.82. The number of hydrogen-bond donors (Lipinski definition) is 1. The summed E-state index contributed by atoms with van der Waals surface area (Å²) >= 11 is 0. The van der Waals surface area contributed by atoms with Crippen molar-refractivity contribution in [2.45, 2.75) is 68.9 Å². The summed E-state index contributed by atoms with van der Waals surface area (Å²) in [7, 11) is 0. The van der Waals surface area contributed by atoms with Gasteiger partial charge in [0.2, 0.25) is 5.91 Å². The number of ether oxygens (including phenoxy) is 2. The summed E-state index contributed by atoms with van der Waals surface area (Å²) in [5.41, 5.74) is -3.10. The second kappa shape index (κ2) is 12.1. The van der Waals surface area contributed by atoms with E-state index in [1.54, 1.807) is 54.6 Å². The predicted octanol–water partition coefficient (Wildman–Crippen LogP) is 7.39. The van der Waals surface area contributed by atoms with Crippen LogP contribution in [0.5, 0.6) is 0 Å². The van der Waals surface area contributed by atoms with Gasteiger partial charge in [0.1, 0.15) is 6.61 Å². The number of piperidine rings is 1. The highest BCUT2D eigenvalue weighted by Gasteiger charge is 2.54. The Hall–Kier alpha value is -4.06. The topological polar surface area (TPSA) is 67.9 Å². The summed E-state index contributed by atoms with van der Waals surface area (Å²) in [6.45, 7) is 1.02. The largest absolute Gasteiger partial charge is 0.445 e. The van der Waals surface area contributed by atoms with E-state index in [-0.39, 0.29) is 49.6 Å². The number of benzene rings is 3. The highest BCUT2D eigenvalue weighted by atomic mass is 19.4. The first-order chi connectivity index (χ1) is 20.8. The van der Waals surface area contributed by atoms with Crippen molar-refractivity contribution in [1.29, 1.82) is 0 Å². The maximum absolute atomic E-state index is 13.9. The Balaban J connectivity index is 1.51. The lowest BCUT2D eigenvalue weighted by Gasteiger charge is -2.51. The molecule has 2 aliphatic rings. The van der Waals surface area contributed by atoms with Crippen LogP contribution >= 0.6 is 0 Å². The number of amides is 2. The second-order valence-electron chi connectivity index (χ2n) is 11.1. The van der Waals surface area contributed by atoms with Crippen LogP contribution in [0.3, 0.4) is 0 Å². The first-order valence-corrected chi connectivity index (χ1v) is 14.0. The van der Waals surface area contributed by atoms with Gasteiger partial charge in [0.05, 0.1) is 41.5 Å². The molecule has 0 radical (unpaired) electrons. The molecule has 44 heavy (non-hydrogen) atoms. The van der Waals surface area contributed by atoms with Crippen LogP contribution in [0.1, 0.15) is 60.1 Å². The van der Waals surface area contributed by atoms with Crippen LogP contribution in [0.15, 0.2) is 78.9 Å². The molecule has 2 heterocycles. The van der Waals surface area contributed by atoms with Crippen LogP contribution in [0.25, 0.3) is 0 Å². The summed E-state index contributed by atoms with van der Waals surface area (Å²) in [4.78, 5) is 27.8. The average Bonchev–Trinajstić information content (AvgIpc) is 3.38. The smallest absolute Gasteiger partial charge is 0.416 e. The van der Waals surface area contributed by atoms with E-state index in [1.165, 1.54) is 11.8 Å². The zero-order chi connectivity index (χ0) is 31.7. The predicted molar refractivity (Wildman–Crippen MR) is 147 cm³/mol. The average molecular weight is 621 g/mol. The van der Waals surface area contributed by atoms with E-state index in [9.17, 15) is 35.9 Å². The maximum atomic E-state index is 13.9. The molecular weight excluding hydrogens is 590 g/mol. The number of carbonyl (C=O) groups excluding carboxylic acids is 2. The minimum absolute atomic E-state index is 0.00217. The number of nitrogens with one attached hydrogen (secondary N) is 1. The number of likely N-dealkylation sites (tertiary alicyclic amines) is 1. The standard InChI is InChI=1S/C32H30F6N2O4/c1-20(22-14-24(31(33,34)35)16-25(15-22)32(36,37)38)44-19-30(23-10-6-3-7-11-23)13-12-26-27(17-28(41)39-26)40(30)29(42)43-18-21-8-4-2-5-9-21/h2-11,14-16,20,26-27H,12-13,17-19H2,1H3,(H,39,41)/t20-,26+,27?,30?/m1/s1. The lowest BCUT2D eigenvalue weighted by Crippen LogP contribution is -2.63. The number of alkyl halides is 6. The number of halogens is 6. The quantitative estimate of drug-likeness (QED) is 0.280. The fraction of sp³-hybridized carbons (Fsp3) is 0.375. The molecule has 2 amide bonds. The maximum Gasteiger partial charge on any atom is 0.416 e. The molecule has 12 heteroatoms. The van der Waals surface area contributed by atoms with Gasteiger partial charge in [-0.25, -0.2) is 4.79 Å². The normalized spacial score (nSPS) is 22.7. The highest BCUT2D eigenvalue weighted by Crippen LogP contribution is 2.45. The van der Waals surface area contributed by atoms with E-state index >= 15 is 0 Å². The van der Waals surface area contributed by atoms with E-state index in [0.29, 0.717) is 24.1 Å². The zero-order valence-corrected chi connectivity index (χ0v) is 23.6. The van der Waals surface area contributed by atoms with Crippen molar-refractivity contribution in [3.05, 3.63) is 107 Å². The Morgan fingerprint density at radius 1 is 0.955 bits per heavy atom. The number of nitrogens with zero attached hydrogens (tertiary/aromatic N) is 1. The van der Waals surface area contributed by atoms with Crippen molar-refractivity contribution < 1.29 is 45.4 Å². The van der Waals surface area contributed by atoms with Crippen LogP contribution in [-0.4, -0.2) is 35.6 Å². The molecule has 4 atom stereocenters. The molecule has 2 fully saturated rings. The summed E-state index contributed by atoms with van der Waals surface area (Å²) in [6, 6.07) is 18.1. The molecule has 3 aromatic carbocycles. The molecule has 3 aromatic rings. The molecule has 5 rings (SSSR count). The van der Waals surface area contributed by atoms with E-state index in [2.05, 4.69) is 5.32 Å². The summed E-state index contributed by atoms with van der Waals surface area (Å²) in [5.74, 6) is -0.248. The molecule has 2 unspecified atom stereocenters. The number of hydrogen-bond acceptors (Lipinski definition) is 4. The Morgan fingerprint density at radius 3 is 2.14 bits per heavy atom. The third kappa shape index (κ3) is 6.54. The van der Waals surface area contributed by atoms with Crippen LogP contribution in [0.4, 0.5) is 31.1 Å². The van der Waals surface area contributed by atoms with Crippen LogP contribution < -0.4 is 5.32 Å². The molecule has 0 bridgehead atoms. The van der Waals surface area contributed by atoms with Gasteiger partial charge in [-0.2, -0.15) is 26.3 Å². The van der Waals surface area contributed by atoms with Gasteiger partial charge in [0.25, 0.3) is 0 Å². The van der Waals surface area contributed by atoms with E-state index in [0.717, 1.165) is 5.56 Å². The van der Waals surface area contributed by atoms with Gasteiger partial charge < -0.3 is 14.8 Å². The Kier molecular flexibility index (Phi) is 8.66. The molecule has 6 nitrogen and oxygen atoms in total. The van der Waals surface area contributed by atoms with Gasteiger partial charge in [-0.05, 0) is 54.7 Å². The first-order valence-electron chi connectivity index (χ1n) is 14.0. The first kappa shape index (κ1) is 31.4. The van der Waals surface area contributed by atoms with Crippen LogP contribution in [0, 0.1) is 0 Å². The molecule has 2 aliphatic heterocycles. The molecule has 2 saturated heterocycles. The van der Waals surface area contributed by atoms with Crippen molar-refractivity contribution in [3.8, 4) is 0 Å². The summed E-state index contributed by atoms with van der Waals surface area (Å²) in [6.07, 6.45) is -11.2. The number of carbonyl (C=O) groups is 2. The molecule has 234 valence electrons. The molecule has 0 saturated carbocycles. The van der Waals surface area contributed by atoms with Gasteiger partial charge in [-0.15, -0.1) is 0 Å². The van der Waals surface area contributed by atoms with Crippen LogP contribution in [0.2, 0.25) is 0 Å². The fourth-order valence-corrected chi connectivity index (χ4v) is 5.99. The van der Waals surface area contributed by atoms with E-state index in [4.69, 9.17) is 9.47 Å². The number of rotatable bonds is 7. The molecule has 1 N–H and O–H groups in total. The van der Waals surface area contributed by atoms with Crippen molar-refractivity contribution in [3.63, 3.8) is 0 Å². The van der Waals surface area contributed by atoms with Crippen LogP contribution in [-0.2, 0) is 38.8 Å². The van der Waals surface area contributed by atoms with Crippen molar-refractivity contribution in [2.75, 3.05) is 6.61 Å². The SMILES string of the molecule is C[C@@H](OCC1(c2ccccc2)CC[C@@H]2NC(=O)CC2N1C(=O)OCc1ccccc1)c1cc(C(F)(F)F)cc(C(F)(F)F)c1. The summed E-state index contributed by atoms with van der Waals surface area (Å²) < 4.78 is 93.1. The van der Waals surface area contributed by atoms with Gasteiger partial charge >= 0.3 is 18.4 Å². The number of fused-ring (bicyclic) bond motifs is 1. The van der Waals surface area contributed by atoms with Gasteiger partial charge in [-0.1, -0.05) is 60.7 Å². The van der Waals surface area contributed by atoms with Gasteiger partial charge in [0, 0.05) is 6.42 Å². The fourth-order valence-electron chi connectivity index (χ4n) is 5.99. The third-order valence-corrected chi connectivity index (χ3v) is 8.23. The zero-order valence-electron chi connectivity index (χ0n) is 23.6. The van der Waals surface area contributed by atoms with Gasteiger partial charge in [0.15, 0.2) is 0 Å². The minimum Gasteiger partial charge on any atom is -0.445 e. The van der Waals surface area contributed by atoms with Crippen molar-refractivity contribution in [1.82, 2.24) is 10.2 Å². The minimum atomic E-state index is -5.01. The van der Waals surface area contributed by atoms with Crippen molar-refractivity contribution in [2.24, 2.45) is 0 Å². The lowest BCUT2D eigenvalue weighted by molar-refractivity contribution is -0.143. The van der Waals surface area contributed by atoms with E-state index in [1.807, 2.05) is 6.07 Å². The van der Waals surface area contributed by atoms with Gasteiger partial charge in [-0.3, -0.25) is 9.69 Å². The third-order valence-electron chi connectivity index (χ3n) is 8.23. The Labute approximate surface area is 249 Å². The second-order valence-corrected chi connectivity index (χ2v) is 11.1. The lowest BCUT2D eigenvalue weighted by atomic mass is 9.77. The Bertz CT molecular complexity index is 1450. The van der Waals surface area contributed by atoms with Crippen molar-refractivity contribution >= 4 is 12.0 Å². The molecular formula is C32H30F6N2O4. The summed E-state index contributed by atoms with van der Waals surface area (Å²) in [5, 5.41) is 2.89. The Morgan fingerprint density at radius 2 is 1.55 bits per heavy atom. The molecule has 0 spiro atoms. The molecule has 0 aliphatic carbocycles. The monoisotopic (exact) mass is 620 g/mol.